The number of hydrogen-bond donors (Lipinski definition) is 0. The molecule has 0 saturated carbocycles. The zero-order valence-electron chi connectivity index (χ0n) is 20.4. The first-order valence-electron chi connectivity index (χ1n) is 11.8. The number of esters is 1. The van der Waals surface area contributed by atoms with E-state index in [-0.39, 0.29) is 17.8 Å². The molecule has 0 unspecified atom stereocenters. The van der Waals surface area contributed by atoms with E-state index in [1.54, 1.807) is 7.11 Å². The molecule has 0 bridgehead atoms. The summed E-state index contributed by atoms with van der Waals surface area (Å²) in [5.74, 6) is 1.89. The fourth-order valence-corrected chi connectivity index (χ4v) is 4.32. The van der Waals surface area contributed by atoms with Crippen molar-refractivity contribution >= 4 is 11.7 Å². The first kappa shape index (κ1) is 23.6. The average molecular weight is 457 g/mol. The van der Waals surface area contributed by atoms with Crippen molar-refractivity contribution in [3.63, 3.8) is 0 Å². The predicted octanol–water partition coefficient (Wildman–Crippen LogP) is 7.07. The molecule has 2 atom stereocenters. The maximum Gasteiger partial charge on any atom is 0.353 e. The Balaban J connectivity index is 1.70. The lowest BCUT2D eigenvalue weighted by molar-refractivity contribution is -0.143. The molecule has 176 valence electrons. The third-order valence-corrected chi connectivity index (χ3v) is 6.22. The highest BCUT2D eigenvalue weighted by Gasteiger charge is 2.39. The minimum Gasteiger partial charge on any atom is -0.497 e. The van der Waals surface area contributed by atoms with E-state index in [2.05, 4.69) is 27.7 Å². The number of methoxy groups -OCH3 is 1. The first-order valence-corrected chi connectivity index (χ1v) is 11.8. The molecule has 3 aromatic rings. The van der Waals surface area contributed by atoms with Crippen molar-refractivity contribution in [3.8, 4) is 11.5 Å². The maximum absolute atomic E-state index is 13.6. The summed E-state index contributed by atoms with van der Waals surface area (Å²) < 4.78 is 17.7. The fraction of sp³-hybridized carbons (Fsp3) is 0.300. The average Bonchev–Trinajstić information content (AvgIpc) is 3.30. The number of carbonyl (C=O) groups is 1. The van der Waals surface area contributed by atoms with Gasteiger partial charge in [0.25, 0.3) is 0 Å². The van der Waals surface area contributed by atoms with Crippen molar-refractivity contribution in [1.82, 2.24) is 0 Å². The molecule has 1 aliphatic heterocycles. The molecule has 4 rings (SSSR count). The molecule has 0 radical (unpaired) electrons. The molecule has 0 N–H and O–H groups in total. The minimum atomic E-state index is -0.788. The Morgan fingerprint density at radius 3 is 2.00 bits per heavy atom. The van der Waals surface area contributed by atoms with E-state index < -0.39 is 12.1 Å². The molecule has 0 spiro atoms. The van der Waals surface area contributed by atoms with Crippen LogP contribution in [0.2, 0.25) is 0 Å². The monoisotopic (exact) mass is 456 g/mol. The third-order valence-electron chi connectivity index (χ3n) is 6.22. The van der Waals surface area contributed by atoms with Crippen molar-refractivity contribution in [1.29, 1.82) is 0 Å². The van der Waals surface area contributed by atoms with Gasteiger partial charge in [-0.25, -0.2) is 4.79 Å². The second-order valence-electron chi connectivity index (χ2n) is 9.23. The van der Waals surface area contributed by atoms with E-state index in [0.717, 1.165) is 28.0 Å². The van der Waals surface area contributed by atoms with Crippen LogP contribution in [0, 0.1) is 0 Å². The van der Waals surface area contributed by atoms with Crippen LogP contribution in [0.15, 0.2) is 78.9 Å². The van der Waals surface area contributed by atoms with Crippen LogP contribution < -0.4 is 9.47 Å². The van der Waals surface area contributed by atoms with Gasteiger partial charge in [0.2, 0.25) is 6.10 Å². The molecule has 0 amide bonds. The summed E-state index contributed by atoms with van der Waals surface area (Å²) in [7, 11) is 1.64. The van der Waals surface area contributed by atoms with Crippen LogP contribution in [-0.4, -0.2) is 19.2 Å². The Morgan fingerprint density at radius 1 is 0.824 bits per heavy atom. The van der Waals surface area contributed by atoms with Crippen LogP contribution in [0.3, 0.4) is 0 Å². The number of hydrogen-bond acceptors (Lipinski definition) is 4. The molecular formula is C30H32O4. The summed E-state index contributed by atoms with van der Waals surface area (Å²) >= 11 is 0. The normalized spacial score (nSPS) is 17.4. The summed E-state index contributed by atoms with van der Waals surface area (Å²) in [5.41, 5.74) is 3.95. The molecule has 1 aliphatic rings. The molecule has 4 nitrogen and oxygen atoms in total. The lowest BCUT2D eigenvalue weighted by Gasteiger charge is -2.23. The number of para-hydroxylation sites is 1. The van der Waals surface area contributed by atoms with Gasteiger partial charge < -0.3 is 14.2 Å². The maximum atomic E-state index is 13.6. The standard InChI is InChI=1S/C30H32O4/c1-19(2)24-12-9-13-25(20(3)4)28(24)34-30(31)29-26(21-14-16-23(32-5)17-15-21)18-27(33-29)22-10-7-6-8-11-22/h6-20,26,29H,1-5H3/t26-,29+/m0/s1. The molecular weight excluding hydrogens is 424 g/mol. The zero-order chi connectivity index (χ0) is 24.2. The highest BCUT2D eigenvalue weighted by molar-refractivity contribution is 5.83. The largest absolute Gasteiger partial charge is 0.497 e. The molecule has 1 heterocycles. The van der Waals surface area contributed by atoms with Gasteiger partial charge in [-0.3, -0.25) is 0 Å². The van der Waals surface area contributed by atoms with Crippen molar-refractivity contribution in [3.05, 3.63) is 101 Å². The van der Waals surface area contributed by atoms with Crippen molar-refractivity contribution in [2.24, 2.45) is 0 Å². The molecule has 0 aliphatic carbocycles. The quantitative estimate of drug-likeness (QED) is 0.282. The molecule has 0 saturated heterocycles. The molecule has 0 aromatic heterocycles. The summed E-state index contributed by atoms with van der Waals surface area (Å²) in [4.78, 5) is 13.6. The molecule has 0 fully saturated rings. The van der Waals surface area contributed by atoms with E-state index >= 15 is 0 Å². The van der Waals surface area contributed by atoms with Gasteiger partial charge in [0, 0.05) is 5.56 Å². The second kappa shape index (κ2) is 10.2. The van der Waals surface area contributed by atoms with Gasteiger partial charge in [0.15, 0.2) is 0 Å². The lowest BCUT2D eigenvalue weighted by atomic mass is 9.92. The first-order chi connectivity index (χ1) is 16.4. The molecule has 34 heavy (non-hydrogen) atoms. The summed E-state index contributed by atoms with van der Waals surface area (Å²) in [6.45, 7) is 8.44. The van der Waals surface area contributed by atoms with E-state index in [1.807, 2.05) is 78.9 Å². The van der Waals surface area contributed by atoms with E-state index in [9.17, 15) is 4.79 Å². The number of ether oxygens (including phenoxy) is 3. The zero-order valence-corrected chi connectivity index (χ0v) is 20.4. The van der Waals surface area contributed by atoms with Gasteiger partial charge in [-0.05, 0) is 46.7 Å². The van der Waals surface area contributed by atoms with Crippen molar-refractivity contribution in [2.75, 3.05) is 7.11 Å². The van der Waals surface area contributed by atoms with Crippen LogP contribution in [0.5, 0.6) is 11.5 Å². The van der Waals surface area contributed by atoms with E-state index in [0.29, 0.717) is 11.5 Å². The van der Waals surface area contributed by atoms with Gasteiger partial charge in [0.1, 0.15) is 17.3 Å². The topological polar surface area (TPSA) is 44.8 Å². The summed E-state index contributed by atoms with van der Waals surface area (Å²) in [5, 5.41) is 0. The van der Waals surface area contributed by atoms with Gasteiger partial charge in [0.05, 0.1) is 13.0 Å². The number of benzene rings is 3. The van der Waals surface area contributed by atoms with Gasteiger partial charge >= 0.3 is 5.97 Å². The number of rotatable bonds is 7. The second-order valence-corrected chi connectivity index (χ2v) is 9.23. The van der Waals surface area contributed by atoms with Gasteiger partial charge in [-0.15, -0.1) is 0 Å². The number of carbonyl (C=O) groups excluding carboxylic acids is 1. The van der Waals surface area contributed by atoms with Crippen LogP contribution in [0.1, 0.15) is 67.7 Å². The Labute approximate surface area is 202 Å². The smallest absolute Gasteiger partial charge is 0.353 e. The lowest BCUT2D eigenvalue weighted by Crippen LogP contribution is -2.31. The Morgan fingerprint density at radius 2 is 1.44 bits per heavy atom. The fourth-order valence-electron chi connectivity index (χ4n) is 4.32. The van der Waals surface area contributed by atoms with E-state index in [1.165, 1.54) is 0 Å². The van der Waals surface area contributed by atoms with Gasteiger partial charge in [-0.2, -0.15) is 0 Å². The van der Waals surface area contributed by atoms with Crippen molar-refractivity contribution < 1.29 is 19.0 Å². The SMILES string of the molecule is COc1ccc([C@@H]2C=C(c3ccccc3)O[C@H]2C(=O)Oc2c(C(C)C)cccc2C(C)C)cc1. The van der Waals surface area contributed by atoms with Crippen LogP contribution in [0.25, 0.3) is 5.76 Å². The van der Waals surface area contributed by atoms with Crippen LogP contribution in [0.4, 0.5) is 0 Å². The van der Waals surface area contributed by atoms with Crippen LogP contribution >= 0.6 is 0 Å². The molecule has 4 heteroatoms. The summed E-state index contributed by atoms with van der Waals surface area (Å²) in [6, 6.07) is 23.7. The Bertz CT molecular complexity index is 1130. The van der Waals surface area contributed by atoms with Crippen LogP contribution in [-0.2, 0) is 9.53 Å². The van der Waals surface area contributed by atoms with Gasteiger partial charge in [-0.1, -0.05) is 88.4 Å². The highest BCUT2D eigenvalue weighted by atomic mass is 16.6. The highest BCUT2D eigenvalue weighted by Crippen LogP contribution is 2.40. The minimum absolute atomic E-state index is 0.224. The third kappa shape index (κ3) is 4.86. The predicted molar refractivity (Wildman–Crippen MR) is 135 cm³/mol. The Kier molecular flexibility index (Phi) is 7.06. The Hall–Kier alpha value is -3.53. The van der Waals surface area contributed by atoms with Crippen molar-refractivity contribution in [2.45, 2.75) is 51.6 Å². The molecule has 3 aromatic carbocycles. The summed E-state index contributed by atoms with van der Waals surface area (Å²) in [6.07, 6.45) is 1.23. The van der Waals surface area contributed by atoms with E-state index in [4.69, 9.17) is 14.2 Å².